The summed E-state index contributed by atoms with van der Waals surface area (Å²) in [7, 11) is 0. The Hall–Kier alpha value is -2.67. The maximum atomic E-state index is 12.3. The first kappa shape index (κ1) is 14.9. The number of hydrogen-bond donors (Lipinski definition) is 2. The molecule has 1 aliphatic heterocycles. The molecule has 0 saturated heterocycles. The molecule has 6 nitrogen and oxygen atoms in total. The lowest BCUT2D eigenvalue weighted by atomic mass is 10.1. The summed E-state index contributed by atoms with van der Waals surface area (Å²) >= 11 is 3.35. The van der Waals surface area contributed by atoms with Crippen LogP contribution in [-0.4, -0.2) is 21.4 Å². The van der Waals surface area contributed by atoms with Crippen LogP contribution >= 0.6 is 15.9 Å². The molecule has 0 unspecified atom stereocenters. The number of para-hydroxylation sites is 2. The largest absolute Gasteiger partial charge is 0.326 e. The summed E-state index contributed by atoms with van der Waals surface area (Å²) in [6.45, 7) is 0. The number of nitrogens with one attached hydrogen (secondary N) is 2. The van der Waals surface area contributed by atoms with E-state index in [-0.39, 0.29) is 18.2 Å². The van der Waals surface area contributed by atoms with Gasteiger partial charge in [-0.3, -0.25) is 19.5 Å². The van der Waals surface area contributed by atoms with Crippen molar-refractivity contribution in [1.82, 2.24) is 9.55 Å². The van der Waals surface area contributed by atoms with Crippen molar-refractivity contribution in [2.45, 2.75) is 12.5 Å². The van der Waals surface area contributed by atoms with Crippen LogP contribution in [-0.2, 0) is 9.59 Å². The average molecular weight is 385 g/mol. The number of carbonyl (C=O) groups is 2. The van der Waals surface area contributed by atoms with Gasteiger partial charge in [0, 0.05) is 10.2 Å². The highest BCUT2D eigenvalue weighted by molar-refractivity contribution is 9.10. The third kappa shape index (κ3) is 2.56. The van der Waals surface area contributed by atoms with Gasteiger partial charge in [0.15, 0.2) is 0 Å². The zero-order valence-electron chi connectivity index (χ0n) is 12.5. The first-order chi connectivity index (χ1) is 11.6. The van der Waals surface area contributed by atoms with Crippen LogP contribution in [0.5, 0.6) is 0 Å². The molecule has 2 heterocycles. The fraction of sp³-hybridized carbons (Fsp3) is 0.118. The van der Waals surface area contributed by atoms with Crippen molar-refractivity contribution in [1.29, 1.82) is 0 Å². The number of halogens is 1. The number of nitrogens with zero attached hydrogens (tertiary/aromatic N) is 2. The van der Waals surface area contributed by atoms with Crippen LogP contribution in [0, 0.1) is 0 Å². The van der Waals surface area contributed by atoms with Crippen LogP contribution in [0.3, 0.4) is 0 Å². The second-order valence-electron chi connectivity index (χ2n) is 5.56. The maximum absolute atomic E-state index is 12.3. The molecule has 0 saturated carbocycles. The maximum Gasteiger partial charge on any atom is 0.250 e. The van der Waals surface area contributed by atoms with Crippen LogP contribution in [0.25, 0.3) is 11.0 Å². The van der Waals surface area contributed by atoms with Gasteiger partial charge >= 0.3 is 0 Å². The number of amides is 2. The zero-order chi connectivity index (χ0) is 16.7. The van der Waals surface area contributed by atoms with E-state index >= 15 is 0 Å². The third-order valence-corrected chi connectivity index (χ3v) is 4.48. The first-order valence-corrected chi connectivity index (χ1v) is 8.24. The van der Waals surface area contributed by atoms with E-state index in [0.29, 0.717) is 11.6 Å². The summed E-state index contributed by atoms with van der Waals surface area (Å²) in [5.41, 5.74) is 2.33. The Morgan fingerprint density at radius 1 is 1.21 bits per heavy atom. The summed E-state index contributed by atoms with van der Waals surface area (Å²) in [4.78, 5) is 28.9. The Balaban J connectivity index is 1.58. The van der Waals surface area contributed by atoms with Crippen LogP contribution in [0.2, 0.25) is 0 Å². The predicted octanol–water partition coefficient (Wildman–Crippen LogP) is 3.32. The van der Waals surface area contributed by atoms with Crippen LogP contribution in [0.4, 0.5) is 11.6 Å². The van der Waals surface area contributed by atoms with Crippen LogP contribution in [0.1, 0.15) is 12.5 Å². The Morgan fingerprint density at radius 3 is 2.75 bits per heavy atom. The van der Waals surface area contributed by atoms with Gasteiger partial charge in [0.25, 0.3) is 0 Å². The average Bonchev–Trinajstić information content (AvgIpc) is 3.06. The number of carbonyl (C=O) groups excluding carboxylic acids is 2. The predicted molar refractivity (Wildman–Crippen MR) is 94.8 cm³/mol. The summed E-state index contributed by atoms with van der Waals surface area (Å²) in [5.74, 6) is 0.0555. The lowest BCUT2D eigenvalue weighted by molar-refractivity contribution is -0.123. The topological polar surface area (TPSA) is 76.0 Å². The van der Waals surface area contributed by atoms with Gasteiger partial charge in [-0.2, -0.15) is 0 Å². The van der Waals surface area contributed by atoms with E-state index in [9.17, 15) is 9.59 Å². The Bertz CT molecular complexity index is 949. The van der Waals surface area contributed by atoms with Crippen molar-refractivity contribution in [3.8, 4) is 0 Å². The van der Waals surface area contributed by atoms with E-state index in [1.165, 1.54) is 0 Å². The van der Waals surface area contributed by atoms with E-state index in [0.717, 1.165) is 15.5 Å². The highest BCUT2D eigenvalue weighted by atomic mass is 79.9. The molecular weight excluding hydrogens is 372 g/mol. The fourth-order valence-corrected chi connectivity index (χ4v) is 3.13. The molecule has 1 aliphatic rings. The molecule has 1 atom stereocenters. The van der Waals surface area contributed by atoms with Crippen LogP contribution in [0.15, 0.2) is 53.0 Å². The minimum absolute atomic E-state index is 0.0508. The van der Waals surface area contributed by atoms with Gasteiger partial charge < -0.3 is 5.32 Å². The molecule has 2 N–H and O–H groups in total. The van der Waals surface area contributed by atoms with Crippen molar-refractivity contribution in [3.63, 3.8) is 0 Å². The number of benzene rings is 2. The number of imidazole rings is 1. The molecule has 0 radical (unpaired) electrons. The lowest BCUT2D eigenvalue weighted by Crippen LogP contribution is -2.23. The summed E-state index contributed by atoms with van der Waals surface area (Å²) in [6, 6.07) is 14.3. The molecule has 1 aromatic heterocycles. The van der Waals surface area contributed by atoms with Gasteiger partial charge in [-0.25, -0.2) is 4.98 Å². The summed E-state index contributed by atoms with van der Waals surface area (Å²) in [6.07, 6.45) is 0.0508. The quantitative estimate of drug-likeness (QED) is 0.726. The minimum Gasteiger partial charge on any atom is -0.326 e. The fourth-order valence-electron chi connectivity index (χ4n) is 2.86. The highest BCUT2D eigenvalue weighted by Crippen LogP contribution is 2.32. The molecule has 2 aromatic carbocycles. The monoisotopic (exact) mass is 384 g/mol. The smallest absolute Gasteiger partial charge is 0.250 e. The molecule has 2 amide bonds. The lowest BCUT2D eigenvalue weighted by Gasteiger charge is -2.12. The molecule has 120 valence electrons. The van der Waals surface area contributed by atoms with E-state index in [2.05, 4.69) is 31.5 Å². The van der Waals surface area contributed by atoms with Crippen molar-refractivity contribution in [2.24, 2.45) is 0 Å². The first-order valence-electron chi connectivity index (χ1n) is 7.45. The molecule has 0 aliphatic carbocycles. The third-order valence-electron chi connectivity index (χ3n) is 3.95. The molecule has 24 heavy (non-hydrogen) atoms. The van der Waals surface area contributed by atoms with E-state index in [1.54, 1.807) is 16.7 Å². The molecule has 3 aromatic rings. The standard InChI is InChI=1S/C17H13BrN4O2/c18-10-5-7-11(8-6-10)19-15(23)9-14-16(24)21-17-20-12-3-1-2-4-13(12)22(14)17/h1-8,14H,9H2,(H,19,23)(H,20,21,24)/t14-/m0/s1. The van der Waals surface area contributed by atoms with Gasteiger partial charge in [-0.1, -0.05) is 28.1 Å². The Labute approximate surface area is 146 Å². The normalized spacial score (nSPS) is 16.0. The Morgan fingerprint density at radius 2 is 1.96 bits per heavy atom. The second-order valence-corrected chi connectivity index (χ2v) is 6.47. The van der Waals surface area contributed by atoms with E-state index in [1.807, 2.05) is 36.4 Å². The van der Waals surface area contributed by atoms with Gasteiger partial charge in [0.1, 0.15) is 6.04 Å². The van der Waals surface area contributed by atoms with Gasteiger partial charge in [-0.15, -0.1) is 0 Å². The van der Waals surface area contributed by atoms with Crippen molar-refractivity contribution in [2.75, 3.05) is 10.6 Å². The van der Waals surface area contributed by atoms with Gasteiger partial charge in [-0.05, 0) is 36.4 Å². The van der Waals surface area contributed by atoms with Gasteiger partial charge in [0.2, 0.25) is 17.8 Å². The number of anilines is 2. The van der Waals surface area contributed by atoms with Crippen molar-refractivity contribution >= 4 is 50.4 Å². The zero-order valence-corrected chi connectivity index (χ0v) is 14.1. The van der Waals surface area contributed by atoms with Crippen molar-refractivity contribution in [3.05, 3.63) is 53.0 Å². The second kappa shape index (κ2) is 5.76. The SMILES string of the molecule is O=C(C[C@H]1C(=O)Nc2nc3ccccc3n21)Nc1ccc(Br)cc1. The molecule has 7 heteroatoms. The molecular formula is C17H13BrN4O2. The molecule has 4 rings (SSSR count). The van der Waals surface area contributed by atoms with Crippen molar-refractivity contribution < 1.29 is 9.59 Å². The molecule has 0 spiro atoms. The minimum atomic E-state index is -0.595. The van der Waals surface area contributed by atoms with Gasteiger partial charge in [0.05, 0.1) is 17.5 Å². The molecule has 0 bridgehead atoms. The Kier molecular flexibility index (Phi) is 3.57. The number of fused-ring (bicyclic) bond motifs is 3. The summed E-state index contributed by atoms with van der Waals surface area (Å²) < 4.78 is 2.73. The van der Waals surface area contributed by atoms with Crippen LogP contribution < -0.4 is 10.6 Å². The number of rotatable bonds is 3. The number of hydrogen-bond acceptors (Lipinski definition) is 3. The molecule has 0 fully saturated rings. The summed E-state index contributed by atoms with van der Waals surface area (Å²) in [5, 5.41) is 5.55. The number of aromatic nitrogens is 2. The van der Waals surface area contributed by atoms with E-state index in [4.69, 9.17) is 0 Å². The highest BCUT2D eigenvalue weighted by Gasteiger charge is 2.34. The van der Waals surface area contributed by atoms with E-state index < -0.39 is 6.04 Å².